The molecular formula is C15H24ClN3O. The lowest BCUT2D eigenvalue weighted by molar-refractivity contribution is 0.217. The molecule has 4 nitrogen and oxygen atoms in total. The normalized spacial score (nSPS) is 22.0. The molecule has 5 heteroatoms. The van der Waals surface area contributed by atoms with Gasteiger partial charge in [-0.3, -0.25) is 4.79 Å². The Balaban J connectivity index is 2.26. The van der Waals surface area contributed by atoms with Crippen molar-refractivity contribution in [1.29, 1.82) is 0 Å². The van der Waals surface area contributed by atoms with E-state index in [4.69, 9.17) is 11.6 Å². The smallest absolute Gasteiger partial charge is 0.287 e. The minimum Gasteiger partial charge on any atom is -0.379 e. The van der Waals surface area contributed by atoms with Gasteiger partial charge in [0, 0.05) is 6.04 Å². The van der Waals surface area contributed by atoms with Gasteiger partial charge in [-0.2, -0.15) is 5.10 Å². The van der Waals surface area contributed by atoms with Crippen LogP contribution in [0.5, 0.6) is 0 Å². The molecular weight excluding hydrogens is 274 g/mol. The van der Waals surface area contributed by atoms with Crippen LogP contribution in [0.4, 0.5) is 5.69 Å². The van der Waals surface area contributed by atoms with Crippen LogP contribution in [0.25, 0.3) is 0 Å². The zero-order valence-corrected chi connectivity index (χ0v) is 13.5. The maximum absolute atomic E-state index is 12.2. The minimum atomic E-state index is -0.222. The van der Waals surface area contributed by atoms with Crippen LogP contribution in [-0.2, 0) is 0 Å². The summed E-state index contributed by atoms with van der Waals surface area (Å²) in [5.74, 6) is 0. The molecule has 112 valence electrons. The number of hydrogen-bond acceptors (Lipinski definition) is 3. The maximum Gasteiger partial charge on any atom is 0.287 e. The van der Waals surface area contributed by atoms with E-state index in [1.54, 1.807) is 6.20 Å². The number of nitrogens with one attached hydrogen (secondary N) is 1. The van der Waals surface area contributed by atoms with E-state index >= 15 is 0 Å². The van der Waals surface area contributed by atoms with E-state index in [1.807, 2.05) is 13.8 Å². The zero-order valence-electron chi connectivity index (χ0n) is 12.7. The van der Waals surface area contributed by atoms with Crippen LogP contribution in [-0.4, -0.2) is 15.8 Å². The van der Waals surface area contributed by atoms with Crippen molar-refractivity contribution in [3.05, 3.63) is 21.6 Å². The molecule has 1 aromatic rings. The standard InChI is InChI=1S/C15H24ClN3O/c1-10(2)19-14(20)13(16)11(9-17-19)18-12-7-5-6-8-15(12,3)4/h9-10,12,18H,5-8H2,1-4H3. The van der Waals surface area contributed by atoms with Gasteiger partial charge < -0.3 is 5.32 Å². The number of hydrogen-bond donors (Lipinski definition) is 1. The summed E-state index contributed by atoms with van der Waals surface area (Å²) in [6, 6.07) is 0.352. The Hall–Kier alpha value is -1.03. The molecule has 0 amide bonds. The molecule has 1 aliphatic carbocycles. The monoisotopic (exact) mass is 297 g/mol. The number of aromatic nitrogens is 2. The fourth-order valence-corrected chi connectivity index (χ4v) is 3.05. The Morgan fingerprint density at radius 1 is 1.45 bits per heavy atom. The van der Waals surface area contributed by atoms with E-state index < -0.39 is 0 Å². The minimum absolute atomic E-state index is 0.0140. The third-order valence-corrected chi connectivity index (χ3v) is 4.63. The highest BCUT2D eigenvalue weighted by Crippen LogP contribution is 2.37. The summed E-state index contributed by atoms with van der Waals surface area (Å²) in [6.45, 7) is 8.37. The second-order valence-electron chi connectivity index (χ2n) is 6.65. The molecule has 0 aliphatic heterocycles. The van der Waals surface area contributed by atoms with E-state index in [-0.39, 0.29) is 22.0 Å². The summed E-state index contributed by atoms with van der Waals surface area (Å²) in [4.78, 5) is 12.2. The van der Waals surface area contributed by atoms with Gasteiger partial charge >= 0.3 is 0 Å². The van der Waals surface area contributed by atoms with Crippen LogP contribution in [0, 0.1) is 5.41 Å². The topological polar surface area (TPSA) is 46.9 Å². The largest absolute Gasteiger partial charge is 0.379 e. The SMILES string of the molecule is CC(C)n1ncc(NC2CCCCC2(C)C)c(Cl)c1=O. The highest BCUT2D eigenvalue weighted by molar-refractivity contribution is 6.32. The lowest BCUT2D eigenvalue weighted by atomic mass is 9.73. The predicted octanol–water partition coefficient (Wildman–Crippen LogP) is 3.86. The van der Waals surface area contributed by atoms with Gasteiger partial charge in [0.05, 0.1) is 17.9 Å². The molecule has 1 heterocycles. The lowest BCUT2D eigenvalue weighted by Crippen LogP contribution is -2.39. The molecule has 1 aliphatic rings. The summed E-state index contributed by atoms with van der Waals surface area (Å²) in [7, 11) is 0. The second kappa shape index (κ2) is 5.76. The molecule has 1 fully saturated rings. The van der Waals surface area contributed by atoms with Crippen molar-refractivity contribution in [3.63, 3.8) is 0 Å². The number of halogens is 1. The van der Waals surface area contributed by atoms with Crippen molar-refractivity contribution in [1.82, 2.24) is 9.78 Å². The first-order valence-corrected chi connectivity index (χ1v) is 7.74. The molecule has 0 saturated heterocycles. The zero-order chi connectivity index (χ0) is 14.9. The van der Waals surface area contributed by atoms with E-state index in [0.29, 0.717) is 11.7 Å². The first kappa shape index (κ1) is 15.4. The van der Waals surface area contributed by atoms with E-state index in [2.05, 4.69) is 24.3 Å². The fraction of sp³-hybridized carbons (Fsp3) is 0.733. The van der Waals surface area contributed by atoms with E-state index in [0.717, 1.165) is 6.42 Å². The summed E-state index contributed by atoms with van der Waals surface area (Å²) in [6.07, 6.45) is 6.46. The van der Waals surface area contributed by atoms with Crippen LogP contribution in [0.1, 0.15) is 59.4 Å². The fourth-order valence-electron chi connectivity index (χ4n) is 2.86. The van der Waals surface area contributed by atoms with Gasteiger partial charge in [0.25, 0.3) is 5.56 Å². The van der Waals surface area contributed by atoms with Gasteiger partial charge in [-0.15, -0.1) is 0 Å². The maximum atomic E-state index is 12.2. The lowest BCUT2D eigenvalue weighted by Gasteiger charge is -2.39. The Kier molecular flexibility index (Phi) is 4.43. The van der Waals surface area contributed by atoms with Crippen LogP contribution in [0.15, 0.2) is 11.0 Å². The molecule has 0 aromatic carbocycles. The summed E-state index contributed by atoms with van der Waals surface area (Å²) in [5.41, 5.74) is 0.655. The van der Waals surface area contributed by atoms with Crippen molar-refractivity contribution in [2.45, 2.75) is 65.5 Å². The van der Waals surface area contributed by atoms with Gasteiger partial charge in [0.15, 0.2) is 0 Å². The molecule has 1 atom stereocenters. The van der Waals surface area contributed by atoms with Crippen LogP contribution in [0.3, 0.4) is 0 Å². The van der Waals surface area contributed by atoms with Crippen LogP contribution >= 0.6 is 11.6 Å². The Morgan fingerprint density at radius 3 is 2.75 bits per heavy atom. The number of anilines is 1. The van der Waals surface area contributed by atoms with Crippen LogP contribution < -0.4 is 10.9 Å². The molecule has 0 spiro atoms. The Labute approximate surface area is 125 Å². The third kappa shape index (κ3) is 3.00. The van der Waals surface area contributed by atoms with Gasteiger partial charge in [-0.25, -0.2) is 4.68 Å². The first-order valence-electron chi connectivity index (χ1n) is 7.37. The predicted molar refractivity (Wildman–Crippen MR) is 83.6 cm³/mol. The van der Waals surface area contributed by atoms with Crippen molar-refractivity contribution in [2.75, 3.05) is 5.32 Å². The number of nitrogens with zero attached hydrogens (tertiary/aromatic N) is 2. The molecule has 1 saturated carbocycles. The highest BCUT2D eigenvalue weighted by atomic mass is 35.5. The quantitative estimate of drug-likeness (QED) is 0.921. The molecule has 0 radical (unpaired) electrons. The molecule has 20 heavy (non-hydrogen) atoms. The van der Waals surface area contributed by atoms with Crippen molar-refractivity contribution >= 4 is 17.3 Å². The summed E-state index contributed by atoms with van der Waals surface area (Å²) < 4.78 is 1.42. The average molecular weight is 298 g/mol. The van der Waals surface area contributed by atoms with Crippen molar-refractivity contribution in [2.24, 2.45) is 5.41 Å². The molecule has 1 aromatic heterocycles. The van der Waals surface area contributed by atoms with Crippen molar-refractivity contribution < 1.29 is 0 Å². The Bertz CT molecular complexity index is 536. The average Bonchev–Trinajstić information content (AvgIpc) is 2.36. The highest BCUT2D eigenvalue weighted by Gasteiger charge is 2.32. The van der Waals surface area contributed by atoms with E-state index in [1.165, 1.54) is 23.9 Å². The third-order valence-electron chi connectivity index (χ3n) is 4.27. The molecule has 2 rings (SSSR count). The Morgan fingerprint density at radius 2 is 2.15 bits per heavy atom. The summed E-state index contributed by atoms with van der Waals surface area (Å²) >= 11 is 6.22. The molecule has 0 bridgehead atoms. The van der Waals surface area contributed by atoms with Gasteiger partial charge in [0.1, 0.15) is 5.02 Å². The van der Waals surface area contributed by atoms with Gasteiger partial charge in [-0.05, 0) is 32.1 Å². The van der Waals surface area contributed by atoms with Gasteiger partial charge in [0.2, 0.25) is 0 Å². The van der Waals surface area contributed by atoms with Crippen molar-refractivity contribution in [3.8, 4) is 0 Å². The first-order chi connectivity index (χ1) is 9.33. The number of rotatable bonds is 3. The second-order valence-corrected chi connectivity index (χ2v) is 7.02. The van der Waals surface area contributed by atoms with Crippen LogP contribution in [0.2, 0.25) is 5.02 Å². The van der Waals surface area contributed by atoms with E-state index in [9.17, 15) is 4.79 Å². The molecule has 1 N–H and O–H groups in total. The summed E-state index contributed by atoms with van der Waals surface area (Å²) in [5, 5.41) is 7.89. The van der Waals surface area contributed by atoms with Gasteiger partial charge in [-0.1, -0.05) is 38.3 Å². The molecule has 1 unspecified atom stereocenters.